The fraction of sp³-hybridized carbons (Fsp3) is 0.200. The van der Waals surface area contributed by atoms with E-state index in [4.69, 9.17) is 9.15 Å². The smallest absolute Gasteiger partial charge is 0.307 e. The lowest BCUT2D eigenvalue weighted by atomic mass is 10.2. The monoisotopic (exact) mass is 336 g/mol. The van der Waals surface area contributed by atoms with E-state index in [0.29, 0.717) is 5.58 Å². The summed E-state index contributed by atoms with van der Waals surface area (Å²) >= 11 is 0. The number of fused-ring (bicyclic) bond motifs is 1. The summed E-state index contributed by atoms with van der Waals surface area (Å²) in [7, 11) is 0. The Bertz CT molecular complexity index is 848. The molecule has 0 saturated heterocycles. The number of hydrogen-bond donors (Lipinski definition) is 1. The van der Waals surface area contributed by atoms with Crippen LogP contribution in [-0.2, 0) is 0 Å². The molecule has 5 nitrogen and oxygen atoms in total. The standard InChI is InChI=1S/C20H20N2O3/c1-3-14(2)24-17-10-8-15(9-11-17)13-21-22-20(23)19-12-16-6-4-5-7-18(16)25-19/h4-14H,3H2,1-2H3,(H,22,23)/b21-13+/t14-/m1/s1. The SMILES string of the molecule is CC[C@@H](C)Oc1ccc(/C=N/NC(=O)c2cc3ccccc3o2)cc1. The Hall–Kier alpha value is -3.08. The molecule has 128 valence electrons. The molecular formula is C20H20N2O3. The highest BCUT2D eigenvalue weighted by molar-refractivity contribution is 5.96. The molecule has 1 aromatic heterocycles. The average molecular weight is 336 g/mol. The van der Waals surface area contributed by atoms with Crippen molar-refractivity contribution in [1.29, 1.82) is 0 Å². The summed E-state index contributed by atoms with van der Waals surface area (Å²) in [6, 6.07) is 16.7. The number of carbonyl (C=O) groups excluding carboxylic acids is 1. The molecule has 0 aliphatic carbocycles. The van der Waals surface area contributed by atoms with Crippen molar-refractivity contribution < 1.29 is 13.9 Å². The minimum atomic E-state index is -0.385. The number of nitrogens with one attached hydrogen (secondary N) is 1. The Morgan fingerprint density at radius 2 is 2.00 bits per heavy atom. The van der Waals surface area contributed by atoms with Crippen molar-refractivity contribution >= 4 is 23.1 Å². The molecular weight excluding hydrogens is 316 g/mol. The molecule has 0 bridgehead atoms. The third-order valence-electron chi connectivity index (χ3n) is 3.82. The molecule has 1 atom stereocenters. The quantitative estimate of drug-likeness (QED) is 0.537. The summed E-state index contributed by atoms with van der Waals surface area (Å²) in [6.07, 6.45) is 2.72. The van der Waals surface area contributed by atoms with Gasteiger partial charge in [-0.3, -0.25) is 4.79 Å². The second-order valence-corrected chi connectivity index (χ2v) is 5.75. The van der Waals surface area contributed by atoms with Crippen LogP contribution < -0.4 is 10.2 Å². The number of nitrogens with zero attached hydrogens (tertiary/aromatic N) is 1. The number of hydrogen-bond acceptors (Lipinski definition) is 4. The van der Waals surface area contributed by atoms with Crippen molar-refractivity contribution in [2.24, 2.45) is 5.10 Å². The first-order valence-corrected chi connectivity index (χ1v) is 8.24. The molecule has 2 aromatic carbocycles. The Morgan fingerprint density at radius 3 is 2.72 bits per heavy atom. The van der Waals surface area contributed by atoms with Crippen LogP contribution in [-0.4, -0.2) is 18.2 Å². The van der Waals surface area contributed by atoms with Crippen LogP contribution >= 0.6 is 0 Å². The Kier molecular flexibility index (Phi) is 5.14. The van der Waals surface area contributed by atoms with Crippen molar-refractivity contribution in [3.05, 3.63) is 65.9 Å². The lowest BCUT2D eigenvalue weighted by molar-refractivity contribution is 0.0929. The zero-order valence-electron chi connectivity index (χ0n) is 14.2. The predicted molar refractivity (Wildman–Crippen MR) is 98.1 cm³/mol. The third-order valence-corrected chi connectivity index (χ3v) is 3.82. The Morgan fingerprint density at radius 1 is 1.24 bits per heavy atom. The molecule has 0 aliphatic heterocycles. The van der Waals surface area contributed by atoms with Gasteiger partial charge < -0.3 is 9.15 Å². The van der Waals surface area contributed by atoms with Crippen molar-refractivity contribution in [1.82, 2.24) is 5.43 Å². The lowest BCUT2D eigenvalue weighted by Crippen LogP contribution is -2.16. The van der Waals surface area contributed by atoms with Crippen molar-refractivity contribution in [3.8, 4) is 5.75 Å². The number of ether oxygens (including phenoxy) is 1. The van der Waals surface area contributed by atoms with E-state index in [2.05, 4.69) is 17.5 Å². The van der Waals surface area contributed by atoms with E-state index in [1.165, 1.54) is 0 Å². The number of rotatable bonds is 6. The lowest BCUT2D eigenvalue weighted by Gasteiger charge is -2.12. The zero-order chi connectivity index (χ0) is 17.6. The van der Waals surface area contributed by atoms with Crippen LogP contribution in [0.25, 0.3) is 11.0 Å². The van der Waals surface area contributed by atoms with Gasteiger partial charge in [-0.1, -0.05) is 25.1 Å². The van der Waals surface area contributed by atoms with E-state index >= 15 is 0 Å². The Labute approximate surface area is 146 Å². The fourth-order valence-electron chi connectivity index (χ4n) is 2.26. The van der Waals surface area contributed by atoms with Crippen LogP contribution in [0.15, 0.2) is 64.1 Å². The molecule has 3 rings (SSSR count). The van der Waals surface area contributed by atoms with E-state index in [9.17, 15) is 4.79 Å². The summed E-state index contributed by atoms with van der Waals surface area (Å²) in [6.45, 7) is 4.11. The number of hydrazone groups is 1. The highest BCUT2D eigenvalue weighted by Gasteiger charge is 2.10. The van der Waals surface area contributed by atoms with Gasteiger partial charge in [0.2, 0.25) is 0 Å². The number of amides is 1. The second kappa shape index (κ2) is 7.66. The van der Waals surface area contributed by atoms with Gasteiger partial charge in [0, 0.05) is 5.39 Å². The molecule has 0 saturated carbocycles. The molecule has 5 heteroatoms. The summed E-state index contributed by atoms with van der Waals surface area (Å²) in [5.41, 5.74) is 4.01. The van der Waals surface area contributed by atoms with Gasteiger partial charge in [-0.2, -0.15) is 5.10 Å². The average Bonchev–Trinajstić information content (AvgIpc) is 3.07. The van der Waals surface area contributed by atoms with Crippen LogP contribution in [0.2, 0.25) is 0 Å². The maximum atomic E-state index is 12.1. The molecule has 25 heavy (non-hydrogen) atoms. The maximum absolute atomic E-state index is 12.1. The van der Waals surface area contributed by atoms with Gasteiger partial charge in [0.05, 0.1) is 12.3 Å². The predicted octanol–water partition coefficient (Wildman–Crippen LogP) is 4.37. The second-order valence-electron chi connectivity index (χ2n) is 5.75. The van der Waals surface area contributed by atoms with Gasteiger partial charge in [0.15, 0.2) is 5.76 Å². The largest absolute Gasteiger partial charge is 0.491 e. The van der Waals surface area contributed by atoms with Gasteiger partial charge in [0.25, 0.3) is 0 Å². The summed E-state index contributed by atoms with van der Waals surface area (Å²) in [5.74, 6) is 0.664. The van der Waals surface area contributed by atoms with Crippen molar-refractivity contribution in [2.75, 3.05) is 0 Å². The van der Waals surface area contributed by atoms with Crippen LogP contribution in [0.4, 0.5) is 0 Å². The van der Waals surface area contributed by atoms with Crippen LogP contribution in [0.3, 0.4) is 0 Å². The third kappa shape index (κ3) is 4.26. The number of benzene rings is 2. The van der Waals surface area contributed by atoms with E-state index in [1.54, 1.807) is 12.3 Å². The number of furan rings is 1. The molecule has 1 N–H and O–H groups in total. The first-order chi connectivity index (χ1) is 12.2. The molecule has 1 heterocycles. The van der Waals surface area contributed by atoms with Gasteiger partial charge in [-0.15, -0.1) is 0 Å². The van der Waals surface area contributed by atoms with Gasteiger partial charge in [-0.05, 0) is 55.3 Å². The Balaban J connectivity index is 1.59. The molecule has 0 radical (unpaired) electrons. The highest BCUT2D eigenvalue weighted by Crippen LogP contribution is 2.18. The molecule has 0 unspecified atom stereocenters. The van der Waals surface area contributed by atoms with Crippen molar-refractivity contribution in [3.63, 3.8) is 0 Å². The molecule has 0 fully saturated rings. The maximum Gasteiger partial charge on any atom is 0.307 e. The van der Waals surface area contributed by atoms with E-state index in [-0.39, 0.29) is 17.8 Å². The first kappa shape index (κ1) is 16.8. The summed E-state index contributed by atoms with van der Waals surface area (Å²) in [5, 5.41) is 4.85. The van der Waals surface area contributed by atoms with E-state index in [0.717, 1.165) is 23.1 Å². The molecule has 3 aromatic rings. The zero-order valence-corrected chi connectivity index (χ0v) is 14.2. The van der Waals surface area contributed by atoms with Crippen molar-refractivity contribution in [2.45, 2.75) is 26.4 Å². The van der Waals surface area contributed by atoms with E-state index in [1.807, 2.05) is 55.5 Å². The minimum absolute atomic E-state index is 0.183. The topological polar surface area (TPSA) is 63.8 Å². The van der Waals surface area contributed by atoms with E-state index < -0.39 is 0 Å². The van der Waals surface area contributed by atoms with Crippen LogP contribution in [0.1, 0.15) is 36.4 Å². The van der Waals surface area contributed by atoms with Crippen LogP contribution in [0.5, 0.6) is 5.75 Å². The number of carbonyl (C=O) groups is 1. The number of para-hydroxylation sites is 1. The summed E-state index contributed by atoms with van der Waals surface area (Å²) < 4.78 is 11.2. The fourth-order valence-corrected chi connectivity index (χ4v) is 2.26. The first-order valence-electron chi connectivity index (χ1n) is 8.24. The molecule has 0 aliphatic rings. The summed E-state index contributed by atoms with van der Waals surface area (Å²) in [4.78, 5) is 12.1. The van der Waals surface area contributed by atoms with Crippen LogP contribution in [0, 0.1) is 0 Å². The highest BCUT2D eigenvalue weighted by atomic mass is 16.5. The van der Waals surface area contributed by atoms with Gasteiger partial charge in [-0.25, -0.2) is 5.43 Å². The van der Waals surface area contributed by atoms with Gasteiger partial charge in [0.1, 0.15) is 11.3 Å². The normalized spacial score (nSPS) is 12.4. The van der Waals surface area contributed by atoms with Gasteiger partial charge >= 0.3 is 5.91 Å². The molecule has 0 spiro atoms. The molecule has 1 amide bonds. The minimum Gasteiger partial charge on any atom is -0.491 e.